The van der Waals surface area contributed by atoms with Crippen LogP contribution in [0.5, 0.6) is 5.75 Å². The third-order valence-electron chi connectivity index (χ3n) is 3.12. The van der Waals surface area contributed by atoms with E-state index in [1.807, 2.05) is 19.1 Å². The van der Waals surface area contributed by atoms with Gasteiger partial charge in [-0.1, -0.05) is 18.5 Å². The zero-order valence-corrected chi connectivity index (χ0v) is 12.7. The number of aryl methyl sites for hydroxylation is 1. The number of methoxy groups -OCH3 is 1. The van der Waals surface area contributed by atoms with Crippen LogP contribution in [-0.2, 0) is 6.42 Å². The summed E-state index contributed by atoms with van der Waals surface area (Å²) in [5.74, 6) is 1.96. The fourth-order valence-electron chi connectivity index (χ4n) is 2.05. The fourth-order valence-corrected chi connectivity index (χ4v) is 2.22. The molecule has 0 unspecified atom stereocenters. The molecule has 2 N–H and O–H groups in total. The minimum atomic E-state index is 0.500. The second kappa shape index (κ2) is 6.09. The molecule has 0 atom stereocenters. The molecular formula is C15H18ClN3O. The van der Waals surface area contributed by atoms with Crippen LogP contribution in [0.15, 0.2) is 18.2 Å². The SMILES string of the molecule is CCCc1nc(N)c(C)c(-c2cc(Cl)ccc2OC)n1. The highest BCUT2D eigenvalue weighted by molar-refractivity contribution is 6.31. The van der Waals surface area contributed by atoms with Gasteiger partial charge in [0.25, 0.3) is 0 Å². The molecule has 106 valence electrons. The summed E-state index contributed by atoms with van der Waals surface area (Å²) in [7, 11) is 1.62. The number of anilines is 1. The number of ether oxygens (including phenoxy) is 1. The second-order valence-electron chi connectivity index (χ2n) is 4.59. The number of hydrogen-bond acceptors (Lipinski definition) is 4. The monoisotopic (exact) mass is 291 g/mol. The van der Waals surface area contributed by atoms with Crippen molar-refractivity contribution in [1.82, 2.24) is 9.97 Å². The van der Waals surface area contributed by atoms with E-state index in [9.17, 15) is 0 Å². The Kier molecular flexibility index (Phi) is 4.45. The van der Waals surface area contributed by atoms with Gasteiger partial charge in [-0.3, -0.25) is 0 Å². The maximum atomic E-state index is 6.09. The van der Waals surface area contributed by atoms with Crippen LogP contribution in [0.3, 0.4) is 0 Å². The predicted octanol–water partition coefficient (Wildman–Crippen LogP) is 3.65. The summed E-state index contributed by atoms with van der Waals surface area (Å²) in [6.07, 6.45) is 1.76. The molecule has 0 amide bonds. The molecule has 2 aromatic rings. The molecule has 0 bridgehead atoms. The molecule has 0 radical (unpaired) electrons. The molecule has 1 heterocycles. The zero-order chi connectivity index (χ0) is 14.7. The molecule has 0 saturated carbocycles. The summed E-state index contributed by atoms with van der Waals surface area (Å²) in [5, 5.41) is 0.634. The quantitative estimate of drug-likeness (QED) is 0.934. The van der Waals surface area contributed by atoms with Gasteiger partial charge in [0.15, 0.2) is 0 Å². The minimum Gasteiger partial charge on any atom is -0.496 e. The van der Waals surface area contributed by atoms with E-state index in [1.165, 1.54) is 0 Å². The van der Waals surface area contributed by atoms with Crippen LogP contribution >= 0.6 is 11.6 Å². The zero-order valence-electron chi connectivity index (χ0n) is 11.9. The van der Waals surface area contributed by atoms with Crippen LogP contribution in [0, 0.1) is 6.92 Å². The first-order chi connectivity index (χ1) is 9.56. The Morgan fingerprint density at radius 1 is 1.30 bits per heavy atom. The molecule has 0 aliphatic heterocycles. The minimum absolute atomic E-state index is 0.500. The second-order valence-corrected chi connectivity index (χ2v) is 5.03. The molecule has 20 heavy (non-hydrogen) atoms. The van der Waals surface area contributed by atoms with Crippen LogP contribution in [0.25, 0.3) is 11.3 Å². The van der Waals surface area contributed by atoms with E-state index in [1.54, 1.807) is 13.2 Å². The summed E-state index contributed by atoms with van der Waals surface area (Å²) in [6, 6.07) is 5.45. The summed E-state index contributed by atoms with van der Waals surface area (Å²) < 4.78 is 5.39. The van der Waals surface area contributed by atoms with Gasteiger partial charge in [-0.2, -0.15) is 0 Å². The van der Waals surface area contributed by atoms with Crippen LogP contribution in [0.2, 0.25) is 5.02 Å². The maximum Gasteiger partial charge on any atom is 0.131 e. The Balaban J connectivity index is 2.65. The normalized spacial score (nSPS) is 10.6. The highest BCUT2D eigenvalue weighted by Crippen LogP contribution is 2.34. The Hall–Kier alpha value is -1.81. The molecule has 0 spiro atoms. The van der Waals surface area contributed by atoms with Crippen molar-refractivity contribution in [3.8, 4) is 17.0 Å². The lowest BCUT2D eigenvalue weighted by Gasteiger charge is -2.13. The van der Waals surface area contributed by atoms with E-state index in [2.05, 4.69) is 16.9 Å². The van der Waals surface area contributed by atoms with Crippen molar-refractivity contribution < 1.29 is 4.74 Å². The average Bonchev–Trinajstić information content (AvgIpc) is 2.43. The molecule has 5 heteroatoms. The lowest BCUT2D eigenvalue weighted by molar-refractivity contribution is 0.416. The molecular weight excluding hydrogens is 274 g/mol. The third-order valence-corrected chi connectivity index (χ3v) is 3.36. The molecule has 0 saturated heterocycles. The highest BCUT2D eigenvalue weighted by Gasteiger charge is 2.15. The standard InChI is InChI=1S/C15H18ClN3O/c1-4-5-13-18-14(9(2)15(17)19-13)11-8-10(16)6-7-12(11)20-3/h6-8H,4-5H2,1-3H3,(H2,17,18,19). The van der Waals surface area contributed by atoms with Crippen molar-refractivity contribution in [2.75, 3.05) is 12.8 Å². The summed E-state index contributed by atoms with van der Waals surface area (Å²) in [5.41, 5.74) is 8.45. The Bertz CT molecular complexity index is 629. The first kappa shape index (κ1) is 14.6. The number of benzene rings is 1. The van der Waals surface area contributed by atoms with Gasteiger partial charge in [0.2, 0.25) is 0 Å². The first-order valence-corrected chi connectivity index (χ1v) is 6.91. The number of rotatable bonds is 4. The van der Waals surface area contributed by atoms with Crippen molar-refractivity contribution in [2.45, 2.75) is 26.7 Å². The molecule has 0 fully saturated rings. The number of nitrogens with two attached hydrogens (primary N) is 1. The topological polar surface area (TPSA) is 61.0 Å². The van der Waals surface area contributed by atoms with Crippen LogP contribution in [-0.4, -0.2) is 17.1 Å². The molecule has 2 rings (SSSR count). The van der Waals surface area contributed by atoms with E-state index in [0.717, 1.165) is 41.2 Å². The van der Waals surface area contributed by atoms with Crippen LogP contribution in [0.1, 0.15) is 24.7 Å². The van der Waals surface area contributed by atoms with Gasteiger partial charge in [0.05, 0.1) is 12.8 Å². The van der Waals surface area contributed by atoms with Crippen molar-refractivity contribution in [3.05, 3.63) is 34.6 Å². The van der Waals surface area contributed by atoms with Gasteiger partial charge in [-0.25, -0.2) is 9.97 Å². The number of aromatic nitrogens is 2. The maximum absolute atomic E-state index is 6.09. The molecule has 4 nitrogen and oxygen atoms in total. The first-order valence-electron chi connectivity index (χ1n) is 6.53. The van der Waals surface area contributed by atoms with Crippen molar-refractivity contribution >= 4 is 17.4 Å². The van der Waals surface area contributed by atoms with Crippen molar-refractivity contribution in [3.63, 3.8) is 0 Å². The molecule has 0 aliphatic rings. The summed E-state index contributed by atoms with van der Waals surface area (Å²) in [4.78, 5) is 8.93. The van der Waals surface area contributed by atoms with E-state index in [0.29, 0.717) is 10.8 Å². The highest BCUT2D eigenvalue weighted by atomic mass is 35.5. The molecule has 1 aromatic carbocycles. The van der Waals surface area contributed by atoms with Gasteiger partial charge < -0.3 is 10.5 Å². The fraction of sp³-hybridized carbons (Fsp3) is 0.333. The van der Waals surface area contributed by atoms with Gasteiger partial charge in [0.1, 0.15) is 17.4 Å². The number of halogens is 1. The summed E-state index contributed by atoms with van der Waals surface area (Å²) >= 11 is 6.09. The largest absolute Gasteiger partial charge is 0.496 e. The molecule has 0 aliphatic carbocycles. The van der Waals surface area contributed by atoms with E-state index in [4.69, 9.17) is 22.1 Å². The van der Waals surface area contributed by atoms with Gasteiger partial charge in [-0.15, -0.1) is 0 Å². The van der Waals surface area contributed by atoms with Crippen LogP contribution in [0.4, 0.5) is 5.82 Å². The van der Waals surface area contributed by atoms with Crippen LogP contribution < -0.4 is 10.5 Å². The number of nitrogen functional groups attached to an aromatic ring is 1. The van der Waals surface area contributed by atoms with E-state index >= 15 is 0 Å². The third kappa shape index (κ3) is 2.85. The van der Waals surface area contributed by atoms with E-state index < -0.39 is 0 Å². The smallest absolute Gasteiger partial charge is 0.131 e. The Labute approximate surface area is 124 Å². The van der Waals surface area contributed by atoms with Crippen molar-refractivity contribution in [1.29, 1.82) is 0 Å². The lowest BCUT2D eigenvalue weighted by Crippen LogP contribution is -2.05. The predicted molar refractivity (Wildman–Crippen MR) is 82.2 cm³/mol. The van der Waals surface area contributed by atoms with E-state index in [-0.39, 0.29) is 0 Å². The summed E-state index contributed by atoms with van der Waals surface area (Å²) in [6.45, 7) is 3.99. The Morgan fingerprint density at radius 3 is 2.70 bits per heavy atom. The number of nitrogens with zero attached hydrogens (tertiary/aromatic N) is 2. The number of hydrogen-bond donors (Lipinski definition) is 1. The van der Waals surface area contributed by atoms with Gasteiger partial charge >= 0.3 is 0 Å². The lowest BCUT2D eigenvalue weighted by atomic mass is 10.1. The Morgan fingerprint density at radius 2 is 2.05 bits per heavy atom. The average molecular weight is 292 g/mol. The van der Waals surface area contributed by atoms with Gasteiger partial charge in [-0.05, 0) is 31.5 Å². The van der Waals surface area contributed by atoms with Crippen molar-refractivity contribution in [2.24, 2.45) is 0 Å². The molecule has 1 aromatic heterocycles. The van der Waals surface area contributed by atoms with Gasteiger partial charge in [0, 0.05) is 22.6 Å².